The number of carboxylic acids is 1. The second kappa shape index (κ2) is 47.8. The second-order valence-corrected chi connectivity index (χ2v) is 20.5. The molecule has 8 nitrogen and oxygen atoms in total. The van der Waals surface area contributed by atoms with Crippen LogP contribution in [-0.2, 0) is 28.6 Å². The van der Waals surface area contributed by atoms with Crippen molar-refractivity contribution in [2.45, 2.75) is 302 Å². The van der Waals surface area contributed by atoms with Gasteiger partial charge in [-0.15, -0.1) is 0 Å². The maximum atomic E-state index is 12.8. The minimum atomic E-state index is -1.12. The smallest absolute Gasteiger partial charge is 0.306 e. The highest BCUT2D eigenvalue weighted by molar-refractivity contribution is 5.70. The predicted octanol–water partition coefficient (Wildman–Crippen LogP) is 15.1. The Bertz CT molecular complexity index is 1010. The summed E-state index contributed by atoms with van der Waals surface area (Å²) in [6, 6.07) is -0.720. The van der Waals surface area contributed by atoms with Gasteiger partial charge in [-0.05, 0) is 12.8 Å². The minimum Gasteiger partial charge on any atom is -0.544 e. The second-order valence-electron chi connectivity index (χ2n) is 20.5. The first-order valence-electron chi connectivity index (χ1n) is 28.1. The Morgan fingerprint density at radius 2 is 0.688 bits per heavy atom. The highest BCUT2D eigenvalue weighted by atomic mass is 16.6. The summed E-state index contributed by atoms with van der Waals surface area (Å²) in [5.74, 6) is -1.70. The molecule has 0 spiro atoms. The molecular formula is C56H109NO7. The van der Waals surface area contributed by atoms with Gasteiger partial charge in [-0.1, -0.05) is 258 Å². The molecule has 0 saturated carbocycles. The van der Waals surface area contributed by atoms with Gasteiger partial charge in [-0.3, -0.25) is 9.59 Å². The van der Waals surface area contributed by atoms with Crippen LogP contribution in [0.4, 0.5) is 0 Å². The summed E-state index contributed by atoms with van der Waals surface area (Å²) in [5, 5.41) is 11.7. The number of hydrogen-bond donors (Lipinski definition) is 0. The van der Waals surface area contributed by atoms with Crippen molar-refractivity contribution < 1.29 is 38.2 Å². The normalized spacial score (nSPS) is 12.7. The van der Waals surface area contributed by atoms with E-state index in [4.69, 9.17) is 14.2 Å². The molecule has 0 aromatic heterocycles. The monoisotopic (exact) mass is 908 g/mol. The lowest BCUT2D eigenvalue weighted by Crippen LogP contribution is -2.55. The molecule has 0 aromatic carbocycles. The Labute approximate surface area is 397 Å². The third kappa shape index (κ3) is 45.5. The number of ether oxygens (including phenoxy) is 3. The number of hydrogen-bond acceptors (Lipinski definition) is 7. The zero-order valence-electron chi connectivity index (χ0n) is 43.5. The molecule has 0 aliphatic carbocycles. The quantitative estimate of drug-likeness (QED) is 0.0340. The molecule has 0 amide bonds. The largest absolute Gasteiger partial charge is 0.544 e. The zero-order chi connectivity index (χ0) is 47.0. The van der Waals surface area contributed by atoms with E-state index in [1.807, 2.05) is 21.1 Å². The van der Waals surface area contributed by atoms with E-state index < -0.39 is 18.1 Å². The van der Waals surface area contributed by atoms with Crippen molar-refractivity contribution >= 4 is 17.9 Å². The number of carbonyl (C=O) groups excluding carboxylic acids is 3. The number of esters is 2. The fraction of sp³-hybridized carbons (Fsp3) is 0.946. The first kappa shape index (κ1) is 62.3. The van der Waals surface area contributed by atoms with E-state index in [1.165, 1.54) is 218 Å². The number of nitrogens with zero attached hydrogens (tertiary/aromatic N) is 1. The number of carboxylic acid groups (broad SMARTS) is 1. The topological polar surface area (TPSA) is 102 Å². The number of aliphatic carboxylic acids is 1. The molecule has 380 valence electrons. The summed E-state index contributed by atoms with van der Waals surface area (Å²) >= 11 is 0. The molecule has 0 aromatic rings. The van der Waals surface area contributed by atoms with Crippen molar-refractivity contribution in [3.8, 4) is 0 Å². The van der Waals surface area contributed by atoms with Gasteiger partial charge >= 0.3 is 11.9 Å². The van der Waals surface area contributed by atoms with E-state index in [0.717, 1.165) is 38.5 Å². The molecule has 0 rings (SSSR count). The summed E-state index contributed by atoms with van der Waals surface area (Å²) in [6.07, 6.45) is 52.8. The molecule has 2 unspecified atom stereocenters. The molecule has 0 aliphatic heterocycles. The molecule has 0 fully saturated rings. The van der Waals surface area contributed by atoms with Crippen LogP contribution in [-0.4, -0.2) is 75.5 Å². The van der Waals surface area contributed by atoms with Gasteiger partial charge in [0.1, 0.15) is 12.6 Å². The molecule has 0 radical (unpaired) electrons. The van der Waals surface area contributed by atoms with Gasteiger partial charge in [-0.2, -0.15) is 0 Å². The average Bonchev–Trinajstić information content (AvgIpc) is 3.26. The SMILES string of the molecule is CCCCCCCCCCCCCCCCCCCCCCCCC(=O)OCC(COCCC(C(=O)[O-])[N+](C)(C)C)OC(=O)CCCCCCCCCCCCCCCCCCCC. The van der Waals surface area contributed by atoms with Crippen LogP contribution in [0.5, 0.6) is 0 Å². The summed E-state index contributed by atoms with van der Waals surface area (Å²) in [6.45, 7) is 4.74. The Hall–Kier alpha value is -1.67. The highest BCUT2D eigenvalue weighted by Crippen LogP contribution is 2.18. The van der Waals surface area contributed by atoms with E-state index in [-0.39, 0.29) is 42.7 Å². The molecule has 0 heterocycles. The van der Waals surface area contributed by atoms with E-state index >= 15 is 0 Å². The van der Waals surface area contributed by atoms with Gasteiger partial charge in [0.05, 0.1) is 40.3 Å². The third-order valence-electron chi connectivity index (χ3n) is 13.2. The van der Waals surface area contributed by atoms with Crippen LogP contribution in [0.1, 0.15) is 290 Å². The number of carbonyl (C=O) groups is 3. The van der Waals surface area contributed by atoms with Crippen LogP contribution in [0.25, 0.3) is 0 Å². The number of likely N-dealkylation sites (N-methyl/N-ethyl adjacent to an activating group) is 1. The van der Waals surface area contributed by atoms with Crippen LogP contribution < -0.4 is 5.11 Å². The molecule has 0 N–H and O–H groups in total. The van der Waals surface area contributed by atoms with Crippen molar-refractivity contribution in [3.05, 3.63) is 0 Å². The predicted molar refractivity (Wildman–Crippen MR) is 268 cm³/mol. The molecule has 0 aliphatic rings. The summed E-state index contributed by atoms with van der Waals surface area (Å²) in [7, 11) is 5.44. The van der Waals surface area contributed by atoms with Crippen molar-refractivity contribution in [1.29, 1.82) is 0 Å². The van der Waals surface area contributed by atoms with Crippen molar-refractivity contribution in [2.24, 2.45) is 0 Å². The lowest BCUT2D eigenvalue weighted by atomic mass is 10.0. The maximum absolute atomic E-state index is 12.8. The Kier molecular flexibility index (Phi) is 46.6. The van der Waals surface area contributed by atoms with Crippen molar-refractivity contribution in [3.63, 3.8) is 0 Å². The zero-order valence-corrected chi connectivity index (χ0v) is 43.5. The first-order chi connectivity index (χ1) is 31.1. The third-order valence-corrected chi connectivity index (χ3v) is 13.2. The summed E-state index contributed by atoms with van der Waals surface area (Å²) in [5.41, 5.74) is 0. The van der Waals surface area contributed by atoms with E-state index in [2.05, 4.69) is 13.8 Å². The summed E-state index contributed by atoms with van der Waals surface area (Å²) in [4.78, 5) is 37.1. The minimum absolute atomic E-state index is 0.0501. The number of unbranched alkanes of at least 4 members (excludes halogenated alkanes) is 38. The van der Waals surface area contributed by atoms with Gasteiger partial charge in [0.2, 0.25) is 0 Å². The number of rotatable bonds is 52. The Morgan fingerprint density at radius 3 is 0.969 bits per heavy atom. The van der Waals surface area contributed by atoms with Gasteiger partial charge < -0.3 is 28.6 Å². The maximum Gasteiger partial charge on any atom is 0.306 e. The van der Waals surface area contributed by atoms with E-state index in [1.54, 1.807) is 0 Å². The van der Waals surface area contributed by atoms with Crippen molar-refractivity contribution in [1.82, 2.24) is 0 Å². The Morgan fingerprint density at radius 1 is 0.406 bits per heavy atom. The molecule has 0 bridgehead atoms. The lowest BCUT2D eigenvalue weighted by Gasteiger charge is -2.34. The molecular weight excluding hydrogens is 799 g/mol. The summed E-state index contributed by atoms with van der Waals surface area (Å²) < 4.78 is 17.3. The van der Waals surface area contributed by atoms with Gasteiger partial charge in [0, 0.05) is 19.3 Å². The lowest BCUT2D eigenvalue weighted by molar-refractivity contribution is -0.889. The number of quaternary nitrogens is 1. The first-order valence-corrected chi connectivity index (χ1v) is 28.1. The fourth-order valence-electron chi connectivity index (χ4n) is 8.90. The van der Waals surface area contributed by atoms with Gasteiger partial charge in [-0.25, -0.2) is 0 Å². The van der Waals surface area contributed by atoms with Crippen LogP contribution in [0.15, 0.2) is 0 Å². The van der Waals surface area contributed by atoms with E-state index in [9.17, 15) is 19.5 Å². The van der Waals surface area contributed by atoms with Gasteiger partial charge in [0.15, 0.2) is 6.10 Å². The van der Waals surface area contributed by atoms with Crippen LogP contribution >= 0.6 is 0 Å². The molecule has 64 heavy (non-hydrogen) atoms. The fourth-order valence-corrected chi connectivity index (χ4v) is 8.90. The van der Waals surface area contributed by atoms with Crippen LogP contribution in [0.3, 0.4) is 0 Å². The highest BCUT2D eigenvalue weighted by Gasteiger charge is 2.25. The molecule has 0 saturated heterocycles. The standard InChI is InChI=1S/C56H109NO7/c1-6-8-10-12-14-16-18-20-22-24-26-27-28-29-31-32-34-36-38-40-42-44-46-54(58)63-51-52(50-62-49-48-53(56(60)61)57(3,4)5)64-55(59)47-45-43-41-39-37-35-33-30-25-23-21-19-17-15-13-11-9-7-2/h52-53H,6-51H2,1-5H3. The van der Waals surface area contributed by atoms with Crippen LogP contribution in [0.2, 0.25) is 0 Å². The van der Waals surface area contributed by atoms with Crippen LogP contribution in [0, 0.1) is 0 Å². The van der Waals surface area contributed by atoms with Crippen molar-refractivity contribution in [2.75, 3.05) is 41.0 Å². The Balaban J connectivity index is 4.12. The molecule has 2 atom stereocenters. The van der Waals surface area contributed by atoms with Gasteiger partial charge in [0.25, 0.3) is 0 Å². The average molecular weight is 908 g/mol. The van der Waals surface area contributed by atoms with E-state index in [0.29, 0.717) is 12.8 Å². The molecule has 8 heteroatoms.